The number of aryl methyl sites for hydroxylation is 1. The van der Waals surface area contributed by atoms with Gasteiger partial charge in [-0.25, -0.2) is 4.68 Å². The van der Waals surface area contributed by atoms with Crippen LogP contribution < -0.4 is 0 Å². The third kappa shape index (κ3) is 2.58. The van der Waals surface area contributed by atoms with E-state index in [4.69, 9.17) is 16.3 Å². The number of nitrogens with zero attached hydrogens (tertiary/aromatic N) is 7. The Kier molecular flexibility index (Phi) is 3.57. The second-order valence-electron chi connectivity index (χ2n) is 5.33. The van der Waals surface area contributed by atoms with E-state index >= 15 is 0 Å². The largest absolute Gasteiger partial charge is 0.469 e. The van der Waals surface area contributed by atoms with Crippen LogP contribution in [0.5, 0.6) is 0 Å². The minimum atomic E-state index is -0.417. The van der Waals surface area contributed by atoms with Crippen molar-refractivity contribution in [3.05, 3.63) is 40.8 Å². The number of aromatic nitrogens is 7. The van der Waals surface area contributed by atoms with Gasteiger partial charge in [-0.1, -0.05) is 11.6 Å². The Morgan fingerprint density at radius 1 is 1.20 bits per heavy atom. The van der Waals surface area contributed by atoms with Gasteiger partial charge in [0.2, 0.25) is 0 Å². The lowest BCUT2D eigenvalue weighted by Crippen LogP contribution is -2.06. The molecule has 1 aromatic carbocycles. The number of fused-ring (bicyclic) bond motifs is 3. The molecule has 0 spiro atoms. The van der Waals surface area contributed by atoms with Crippen molar-refractivity contribution in [2.24, 2.45) is 0 Å². The summed E-state index contributed by atoms with van der Waals surface area (Å²) in [7, 11) is 1.32. The molecule has 0 aliphatic rings. The fraction of sp³-hybridized carbons (Fsp3) is 0.200. The molecular formula is C15H12ClN7O2. The predicted octanol–water partition coefficient (Wildman–Crippen LogP) is 1.54. The number of rotatable bonds is 3. The van der Waals surface area contributed by atoms with E-state index < -0.39 is 5.97 Å². The van der Waals surface area contributed by atoms with Gasteiger partial charge in [-0.2, -0.15) is 14.6 Å². The van der Waals surface area contributed by atoms with Crippen molar-refractivity contribution >= 4 is 34.5 Å². The molecule has 0 amide bonds. The zero-order chi connectivity index (χ0) is 17.6. The molecule has 0 saturated heterocycles. The number of carbonyl (C=O) groups excluding carboxylic acids is 1. The number of benzene rings is 1. The fourth-order valence-electron chi connectivity index (χ4n) is 2.53. The van der Waals surface area contributed by atoms with E-state index in [2.05, 4.69) is 25.4 Å². The van der Waals surface area contributed by atoms with Crippen LogP contribution in [0.3, 0.4) is 0 Å². The van der Waals surface area contributed by atoms with Crippen LogP contribution in [0.4, 0.5) is 0 Å². The summed E-state index contributed by atoms with van der Waals surface area (Å²) in [5.74, 6) is 0.490. The molecule has 126 valence electrons. The lowest BCUT2D eigenvalue weighted by Gasteiger charge is -2.03. The summed E-state index contributed by atoms with van der Waals surface area (Å²) in [6, 6.07) is 7.13. The molecule has 0 aliphatic carbocycles. The molecule has 0 radical (unpaired) electrons. The standard InChI is InChI=1S/C15H12ClN7O2/c1-8-17-15-19-18-13-11(7-12(24)25-2)21-22(14(13)23(15)20-8)10-5-3-9(16)4-6-10/h3-6H,7H2,1-2H3. The van der Waals surface area contributed by atoms with Crippen molar-refractivity contribution in [1.29, 1.82) is 0 Å². The first-order valence-corrected chi connectivity index (χ1v) is 7.75. The van der Waals surface area contributed by atoms with Crippen molar-refractivity contribution in [2.45, 2.75) is 13.3 Å². The number of ether oxygens (including phenoxy) is 1. The average molecular weight is 358 g/mol. The molecule has 25 heavy (non-hydrogen) atoms. The topological polar surface area (TPSA) is 100 Å². The maximum absolute atomic E-state index is 11.7. The lowest BCUT2D eigenvalue weighted by atomic mass is 10.3. The van der Waals surface area contributed by atoms with Crippen LogP contribution in [-0.4, -0.2) is 47.7 Å². The van der Waals surface area contributed by atoms with Gasteiger partial charge < -0.3 is 4.74 Å². The summed E-state index contributed by atoms with van der Waals surface area (Å²) in [5, 5.41) is 17.7. The Morgan fingerprint density at radius 3 is 2.68 bits per heavy atom. The van der Waals surface area contributed by atoms with Gasteiger partial charge in [-0.15, -0.1) is 15.3 Å². The normalized spacial score (nSPS) is 11.3. The number of halogens is 1. The summed E-state index contributed by atoms with van der Waals surface area (Å²) < 4.78 is 7.93. The van der Waals surface area contributed by atoms with Crippen molar-refractivity contribution in [1.82, 2.24) is 34.6 Å². The van der Waals surface area contributed by atoms with E-state index in [0.29, 0.717) is 33.5 Å². The molecule has 3 heterocycles. The number of hydrogen-bond acceptors (Lipinski definition) is 7. The first-order valence-electron chi connectivity index (χ1n) is 7.37. The highest BCUT2D eigenvalue weighted by atomic mass is 35.5. The maximum atomic E-state index is 11.7. The summed E-state index contributed by atoms with van der Waals surface area (Å²) in [5.41, 5.74) is 2.21. The Bertz CT molecular complexity index is 1100. The molecule has 0 aliphatic heterocycles. The molecule has 0 atom stereocenters. The number of methoxy groups -OCH3 is 1. The second-order valence-corrected chi connectivity index (χ2v) is 5.77. The Morgan fingerprint density at radius 2 is 1.96 bits per heavy atom. The van der Waals surface area contributed by atoms with E-state index in [1.807, 2.05) is 12.1 Å². The van der Waals surface area contributed by atoms with E-state index in [1.54, 1.807) is 28.3 Å². The summed E-state index contributed by atoms with van der Waals surface area (Å²) in [6.45, 7) is 1.76. The van der Waals surface area contributed by atoms with Crippen molar-refractivity contribution < 1.29 is 9.53 Å². The molecule has 0 N–H and O–H groups in total. The summed E-state index contributed by atoms with van der Waals surface area (Å²) in [4.78, 5) is 15.9. The molecule has 0 fully saturated rings. The van der Waals surface area contributed by atoms with Crippen LogP contribution in [0.2, 0.25) is 5.02 Å². The third-order valence-electron chi connectivity index (χ3n) is 3.65. The van der Waals surface area contributed by atoms with Crippen LogP contribution in [0.15, 0.2) is 24.3 Å². The molecule has 0 unspecified atom stereocenters. The average Bonchev–Trinajstić information content (AvgIpc) is 3.15. The minimum absolute atomic E-state index is 0.0263. The summed E-state index contributed by atoms with van der Waals surface area (Å²) >= 11 is 5.97. The van der Waals surface area contributed by atoms with Gasteiger partial charge in [0.15, 0.2) is 11.2 Å². The van der Waals surface area contributed by atoms with Crippen LogP contribution >= 0.6 is 11.6 Å². The van der Waals surface area contributed by atoms with Crippen molar-refractivity contribution in [3.8, 4) is 5.69 Å². The summed E-state index contributed by atoms with van der Waals surface area (Å²) in [6.07, 6.45) is -0.0263. The Hall–Kier alpha value is -3.07. The Labute approximate surface area is 146 Å². The highest BCUT2D eigenvalue weighted by Crippen LogP contribution is 2.22. The number of esters is 1. The smallest absolute Gasteiger partial charge is 0.311 e. The van der Waals surface area contributed by atoms with Gasteiger partial charge in [0.1, 0.15) is 11.5 Å². The first-order chi connectivity index (χ1) is 12.1. The fourth-order valence-corrected chi connectivity index (χ4v) is 2.66. The van der Waals surface area contributed by atoms with Crippen molar-refractivity contribution in [3.63, 3.8) is 0 Å². The third-order valence-corrected chi connectivity index (χ3v) is 3.91. The van der Waals surface area contributed by atoms with Crippen LogP contribution in [0, 0.1) is 6.92 Å². The van der Waals surface area contributed by atoms with Gasteiger partial charge in [-0.05, 0) is 31.2 Å². The van der Waals surface area contributed by atoms with Gasteiger partial charge in [0, 0.05) is 5.02 Å². The zero-order valence-corrected chi connectivity index (χ0v) is 14.1. The van der Waals surface area contributed by atoms with Gasteiger partial charge in [-0.3, -0.25) is 4.79 Å². The minimum Gasteiger partial charge on any atom is -0.469 e. The van der Waals surface area contributed by atoms with Crippen LogP contribution in [0.1, 0.15) is 11.5 Å². The molecule has 9 nitrogen and oxygen atoms in total. The lowest BCUT2D eigenvalue weighted by molar-refractivity contribution is -0.139. The number of hydrogen-bond donors (Lipinski definition) is 0. The van der Waals surface area contributed by atoms with Gasteiger partial charge >= 0.3 is 5.97 Å². The molecule has 4 aromatic rings. The van der Waals surface area contributed by atoms with Crippen molar-refractivity contribution in [2.75, 3.05) is 7.11 Å². The quantitative estimate of drug-likeness (QED) is 0.512. The first kappa shape index (κ1) is 15.5. The van der Waals surface area contributed by atoms with Gasteiger partial charge in [0.05, 0.1) is 19.2 Å². The van der Waals surface area contributed by atoms with E-state index in [9.17, 15) is 4.79 Å². The highest BCUT2D eigenvalue weighted by Gasteiger charge is 2.21. The van der Waals surface area contributed by atoms with E-state index in [1.165, 1.54) is 7.11 Å². The molecule has 0 saturated carbocycles. The van der Waals surface area contributed by atoms with E-state index in [0.717, 1.165) is 5.69 Å². The Balaban J connectivity index is 2.03. The highest BCUT2D eigenvalue weighted by molar-refractivity contribution is 6.30. The monoisotopic (exact) mass is 357 g/mol. The SMILES string of the molecule is COC(=O)Cc1nn(-c2ccc(Cl)cc2)c2c1nnc1nc(C)nn12. The molecule has 0 bridgehead atoms. The zero-order valence-electron chi connectivity index (χ0n) is 13.3. The molecular weight excluding hydrogens is 346 g/mol. The van der Waals surface area contributed by atoms with Gasteiger partial charge in [0.25, 0.3) is 5.78 Å². The maximum Gasteiger partial charge on any atom is 0.311 e. The number of carbonyl (C=O) groups is 1. The van der Waals surface area contributed by atoms with Crippen LogP contribution in [-0.2, 0) is 16.0 Å². The predicted molar refractivity (Wildman–Crippen MR) is 88.7 cm³/mol. The molecule has 4 rings (SSSR count). The van der Waals surface area contributed by atoms with Crippen LogP contribution in [0.25, 0.3) is 22.6 Å². The second kappa shape index (κ2) is 5.78. The molecule has 10 heteroatoms. The van der Waals surface area contributed by atoms with E-state index in [-0.39, 0.29) is 6.42 Å². The molecule has 3 aromatic heterocycles.